The van der Waals surface area contributed by atoms with Gasteiger partial charge in [0.25, 0.3) is 0 Å². The Morgan fingerprint density at radius 1 is 0.833 bits per heavy atom. The predicted octanol–water partition coefficient (Wildman–Crippen LogP) is 2.49. The van der Waals surface area contributed by atoms with Gasteiger partial charge in [0, 0.05) is 6.42 Å². The van der Waals surface area contributed by atoms with Crippen molar-refractivity contribution in [2.24, 2.45) is 0 Å². The van der Waals surface area contributed by atoms with E-state index in [0.29, 0.717) is 5.56 Å². The lowest BCUT2D eigenvalue weighted by Gasteiger charge is -2.06. The lowest BCUT2D eigenvalue weighted by molar-refractivity contribution is -0.0381. The lowest BCUT2D eigenvalue weighted by atomic mass is 10.0. The molecule has 2 aromatic rings. The van der Waals surface area contributed by atoms with Crippen LogP contribution in [0, 0.1) is 11.6 Å². The normalized spacial score (nSPS) is 10.9. The van der Waals surface area contributed by atoms with Gasteiger partial charge in [0.05, 0.1) is 0 Å². The minimum absolute atomic E-state index is 0.137. The van der Waals surface area contributed by atoms with Gasteiger partial charge in [-0.05, 0) is 28.8 Å². The Labute approximate surface area is 103 Å². The van der Waals surface area contributed by atoms with E-state index in [-0.39, 0.29) is 6.42 Å². The zero-order valence-corrected chi connectivity index (χ0v) is 9.48. The highest BCUT2D eigenvalue weighted by molar-refractivity contribution is 5.63. The molecule has 2 aromatic carbocycles. The first kappa shape index (κ1) is 12.7. The molecular formula is C14H12F2O2. The third-order valence-corrected chi connectivity index (χ3v) is 2.63. The molecule has 2 rings (SSSR count). The fourth-order valence-corrected chi connectivity index (χ4v) is 1.72. The number of rotatable bonds is 3. The molecule has 0 aliphatic heterocycles. The molecule has 0 atom stereocenters. The van der Waals surface area contributed by atoms with Gasteiger partial charge in [0.2, 0.25) is 0 Å². The molecule has 0 radical (unpaired) electrons. The zero-order chi connectivity index (χ0) is 13.1. The molecule has 0 spiro atoms. The van der Waals surface area contributed by atoms with Crippen LogP contribution in [0.25, 0.3) is 11.1 Å². The highest BCUT2D eigenvalue weighted by atomic mass is 19.2. The van der Waals surface area contributed by atoms with Gasteiger partial charge in [-0.3, -0.25) is 0 Å². The molecule has 0 fully saturated rings. The van der Waals surface area contributed by atoms with Gasteiger partial charge in [-0.1, -0.05) is 30.3 Å². The smallest absolute Gasteiger partial charge is 0.159 e. The van der Waals surface area contributed by atoms with Crippen LogP contribution in [0.1, 0.15) is 5.56 Å². The summed E-state index contributed by atoms with van der Waals surface area (Å²) in [6, 6.07) is 10.6. The third-order valence-electron chi connectivity index (χ3n) is 2.63. The summed E-state index contributed by atoms with van der Waals surface area (Å²) in [6.45, 7) is 0. The highest BCUT2D eigenvalue weighted by Crippen LogP contribution is 2.22. The van der Waals surface area contributed by atoms with Crippen molar-refractivity contribution in [3.05, 3.63) is 59.7 Å². The molecule has 0 saturated heterocycles. The molecule has 94 valence electrons. The second-order valence-electron chi connectivity index (χ2n) is 4.01. The van der Waals surface area contributed by atoms with E-state index in [1.165, 1.54) is 6.07 Å². The number of aliphatic hydroxyl groups is 2. The van der Waals surface area contributed by atoms with Crippen molar-refractivity contribution < 1.29 is 19.0 Å². The third kappa shape index (κ3) is 2.91. The molecular weight excluding hydrogens is 238 g/mol. The Bertz CT molecular complexity index is 536. The van der Waals surface area contributed by atoms with Gasteiger partial charge >= 0.3 is 0 Å². The van der Waals surface area contributed by atoms with Crippen LogP contribution in [0.5, 0.6) is 0 Å². The summed E-state index contributed by atoms with van der Waals surface area (Å²) in [5.74, 6) is -1.76. The average Bonchev–Trinajstić information content (AvgIpc) is 2.33. The van der Waals surface area contributed by atoms with Gasteiger partial charge in [0.1, 0.15) is 0 Å². The second-order valence-corrected chi connectivity index (χ2v) is 4.01. The van der Waals surface area contributed by atoms with Crippen molar-refractivity contribution in [2.45, 2.75) is 12.7 Å². The maximum absolute atomic E-state index is 13.1. The molecule has 4 heteroatoms. The van der Waals surface area contributed by atoms with E-state index >= 15 is 0 Å². The van der Waals surface area contributed by atoms with Crippen molar-refractivity contribution in [1.29, 1.82) is 0 Å². The van der Waals surface area contributed by atoms with Crippen LogP contribution < -0.4 is 0 Å². The molecule has 0 aromatic heterocycles. The van der Waals surface area contributed by atoms with Gasteiger partial charge in [-0.15, -0.1) is 0 Å². The van der Waals surface area contributed by atoms with E-state index in [2.05, 4.69) is 0 Å². The van der Waals surface area contributed by atoms with E-state index in [1.54, 1.807) is 24.3 Å². The summed E-state index contributed by atoms with van der Waals surface area (Å²) in [4.78, 5) is 0. The van der Waals surface area contributed by atoms with E-state index < -0.39 is 17.9 Å². The van der Waals surface area contributed by atoms with Crippen molar-refractivity contribution >= 4 is 0 Å². The van der Waals surface area contributed by atoms with Crippen LogP contribution in [0.15, 0.2) is 42.5 Å². The maximum atomic E-state index is 13.1. The Hall–Kier alpha value is -1.78. The standard InChI is InChI=1S/C14H12F2O2/c15-12-6-5-11(8-13(12)16)10-3-1-9(2-4-10)7-14(17)18/h1-6,8,14,17-18H,7H2. The first-order valence-electron chi connectivity index (χ1n) is 5.47. The quantitative estimate of drug-likeness (QED) is 0.822. The summed E-state index contributed by atoms with van der Waals surface area (Å²) in [7, 11) is 0. The summed E-state index contributed by atoms with van der Waals surface area (Å²) in [5.41, 5.74) is 2.08. The molecule has 0 aliphatic rings. The Kier molecular flexibility index (Phi) is 3.69. The Balaban J connectivity index is 2.25. The van der Waals surface area contributed by atoms with Crippen molar-refractivity contribution in [2.75, 3.05) is 0 Å². The fraction of sp³-hybridized carbons (Fsp3) is 0.143. The number of aliphatic hydroxyl groups excluding tert-OH is 1. The number of benzene rings is 2. The Morgan fingerprint density at radius 2 is 1.44 bits per heavy atom. The first-order valence-corrected chi connectivity index (χ1v) is 5.47. The summed E-state index contributed by atoms with van der Waals surface area (Å²) in [5, 5.41) is 17.6. The summed E-state index contributed by atoms with van der Waals surface area (Å²) >= 11 is 0. The van der Waals surface area contributed by atoms with Crippen molar-refractivity contribution in [3.63, 3.8) is 0 Å². The molecule has 0 bridgehead atoms. The van der Waals surface area contributed by atoms with Crippen LogP contribution in [-0.2, 0) is 6.42 Å². The topological polar surface area (TPSA) is 40.5 Å². The molecule has 0 heterocycles. The van der Waals surface area contributed by atoms with Crippen LogP contribution >= 0.6 is 0 Å². The summed E-state index contributed by atoms with van der Waals surface area (Å²) in [6.07, 6.45) is -1.25. The maximum Gasteiger partial charge on any atom is 0.159 e. The van der Waals surface area contributed by atoms with Crippen LogP contribution in [0.3, 0.4) is 0 Å². The minimum Gasteiger partial charge on any atom is -0.368 e. The van der Waals surface area contributed by atoms with Crippen LogP contribution in [0.2, 0.25) is 0 Å². The molecule has 2 nitrogen and oxygen atoms in total. The van der Waals surface area contributed by atoms with Gasteiger partial charge in [-0.25, -0.2) is 8.78 Å². The largest absolute Gasteiger partial charge is 0.368 e. The minimum atomic E-state index is -1.39. The van der Waals surface area contributed by atoms with Crippen LogP contribution in [-0.4, -0.2) is 16.5 Å². The van der Waals surface area contributed by atoms with Crippen LogP contribution in [0.4, 0.5) is 8.78 Å². The molecule has 0 amide bonds. The van der Waals surface area contributed by atoms with Gasteiger partial charge < -0.3 is 10.2 Å². The molecule has 18 heavy (non-hydrogen) atoms. The molecule has 2 N–H and O–H groups in total. The van der Waals surface area contributed by atoms with E-state index in [9.17, 15) is 8.78 Å². The Morgan fingerprint density at radius 3 is 2.00 bits per heavy atom. The molecule has 0 unspecified atom stereocenters. The van der Waals surface area contributed by atoms with E-state index in [4.69, 9.17) is 10.2 Å². The second kappa shape index (κ2) is 5.25. The van der Waals surface area contributed by atoms with Crippen molar-refractivity contribution in [3.8, 4) is 11.1 Å². The number of hydrogen-bond donors (Lipinski definition) is 2. The predicted molar refractivity (Wildman–Crippen MR) is 63.7 cm³/mol. The van der Waals surface area contributed by atoms with E-state index in [1.807, 2.05) is 0 Å². The fourth-order valence-electron chi connectivity index (χ4n) is 1.72. The average molecular weight is 250 g/mol. The first-order chi connectivity index (χ1) is 8.56. The van der Waals surface area contributed by atoms with Gasteiger partial charge in [0.15, 0.2) is 17.9 Å². The van der Waals surface area contributed by atoms with Gasteiger partial charge in [-0.2, -0.15) is 0 Å². The monoisotopic (exact) mass is 250 g/mol. The van der Waals surface area contributed by atoms with Crippen molar-refractivity contribution in [1.82, 2.24) is 0 Å². The molecule has 0 aliphatic carbocycles. The zero-order valence-electron chi connectivity index (χ0n) is 9.48. The number of halogens is 2. The highest BCUT2D eigenvalue weighted by Gasteiger charge is 2.05. The van der Waals surface area contributed by atoms with E-state index in [0.717, 1.165) is 23.3 Å². The summed E-state index contributed by atoms with van der Waals surface area (Å²) < 4.78 is 25.9. The molecule has 0 saturated carbocycles. The number of hydrogen-bond acceptors (Lipinski definition) is 2. The lowest BCUT2D eigenvalue weighted by Crippen LogP contribution is -2.07. The SMILES string of the molecule is OC(O)Cc1ccc(-c2ccc(F)c(F)c2)cc1.